The van der Waals surface area contributed by atoms with Crippen molar-refractivity contribution in [1.82, 2.24) is 25.1 Å². The van der Waals surface area contributed by atoms with E-state index in [1.165, 1.54) is 24.5 Å². The Kier molecular flexibility index (Phi) is 7.05. The summed E-state index contributed by atoms with van der Waals surface area (Å²) < 4.78 is 0. The van der Waals surface area contributed by atoms with Crippen LogP contribution < -0.4 is 16.4 Å². The molecule has 198 valence electrons. The minimum absolute atomic E-state index is 0.0354. The van der Waals surface area contributed by atoms with E-state index in [0.29, 0.717) is 24.1 Å². The van der Waals surface area contributed by atoms with E-state index >= 15 is 0 Å². The number of H-pyrrole nitrogens is 1. The number of hydrogen-bond donors (Lipinski definition) is 4. The Bertz CT molecular complexity index is 1480. The third-order valence-electron chi connectivity index (χ3n) is 7.10. The molecule has 0 atom stereocenters. The molecule has 9 nitrogen and oxygen atoms in total. The summed E-state index contributed by atoms with van der Waals surface area (Å²) in [5.74, 6) is 2.29. The van der Waals surface area contributed by atoms with Gasteiger partial charge in [-0.2, -0.15) is 10.1 Å². The molecular formula is C30H32N8O. The number of nitrogens with two attached hydrogens (primary N) is 1. The minimum Gasteiger partial charge on any atom is -0.398 e. The van der Waals surface area contributed by atoms with Crippen LogP contribution in [0.3, 0.4) is 0 Å². The zero-order valence-electron chi connectivity index (χ0n) is 21.7. The Morgan fingerprint density at radius 2 is 1.85 bits per heavy atom. The molecule has 0 unspecified atom stereocenters. The molecule has 0 spiro atoms. The third-order valence-corrected chi connectivity index (χ3v) is 7.10. The second kappa shape index (κ2) is 11.1. The van der Waals surface area contributed by atoms with Crippen LogP contribution in [0.1, 0.15) is 46.8 Å². The van der Waals surface area contributed by atoms with Crippen molar-refractivity contribution in [2.75, 3.05) is 23.7 Å². The van der Waals surface area contributed by atoms with Gasteiger partial charge in [0.25, 0.3) is 0 Å². The summed E-state index contributed by atoms with van der Waals surface area (Å²) >= 11 is 0. The molecule has 1 aliphatic heterocycles. The average Bonchev–Trinajstić information content (AvgIpc) is 3.71. The minimum atomic E-state index is -0.153. The highest BCUT2D eigenvalue weighted by molar-refractivity contribution is 5.98. The van der Waals surface area contributed by atoms with Gasteiger partial charge in [-0.25, -0.2) is 4.98 Å². The number of nitrogens with one attached hydrogen (secondary N) is 3. The predicted molar refractivity (Wildman–Crippen MR) is 152 cm³/mol. The molecule has 3 heterocycles. The van der Waals surface area contributed by atoms with Gasteiger partial charge in [-0.3, -0.25) is 14.8 Å². The van der Waals surface area contributed by atoms with Crippen LogP contribution in [-0.2, 0) is 24.3 Å². The SMILES string of the molecule is N/C(=C\C(=O)CNc1nc2c(c(Nc3cc(C4CC4)[nH]n3)n1)CCN(Cc1ccccc1)C2)c1ccccc1. The number of anilines is 3. The monoisotopic (exact) mass is 520 g/mol. The molecule has 0 amide bonds. The normalized spacial score (nSPS) is 15.5. The summed E-state index contributed by atoms with van der Waals surface area (Å²) in [6.45, 7) is 2.48. The van der Waals surface area contributed by atoms with Crippen LogP contribution in [-0.4, -0.2) is 43.9 Å². The number of aromatic amines is 1. The van der Waals surface area contributed by atoms with Crippen LogP contribution in [0, 0.1) is 0 Å². The predicted octanol–water partition coefficient (Wildman–Crippen LogP) is 4.36. The Hall–Kier alpha value is -4.50. The number of aromatic nitrogens is 4. The van der Waals surface area contributed by atoms with Gasteiger partial charge in [0, 0.05) is 54.6 Å². The zero-order chi connectivity index (χ0) is 26.6. The van der Waals surface area contributed by atoms with E-state index in [0.717, 1.165) is 53.7 Å². The molecular weight excluding hydrogens is 488 g/mol. The fourth-order valence-electron chi connectivity index (χ4n) is 4.87. The molecule has 0 saturated heterocycles. The first-order valence-electron chi connectivity index (χ1n) is 13.4. The van der Waals surface area contributed by atoms with Crippen molar-refractivity contribution >= 4 is 29.1 Å². The molecule has 0 radical (unpaired) electrons. The van der Waals surface area contributed by atoms with Crippen molar-refractivity contribution in [2.24, 2.45) is 5.73 Å². The summed E-state index contributed by atoms with van der Waals surface area (Å²) in [7, 11) is 0. The average molecular weight is 521 g/mol. The van der Waals surface area contributed by atoms with Crippen molar-refractivity contribution in [3.63, 3.8) is 0 Å². The highest BCUT2D eigenvalue weighted by Gasteiger charge is 2.27. The van der Waals surface area contributed by atoms with Crippen molar-refractivity contribution < 1.29 is 4.79 Å². The topological polar surface area (TPSA) is 125 Å². The van der Waals surface area contributed by atoms with Gasteiger partial charge in [-0.15, -0.1) is 0 Å². The van der Waals surface area contributed by atoms with Crippen LogP contribution in [0.15, 0.2) is 72.8 Å². The van der Waals surface area contributed by atoms with E-state index in [4.69, 9.17) is 15.7 Å². The van der Waals surface area contributed by atoms with E-state index < -0.39 is 0 Å². The first kappa shape index (κ1) is 24.8. The second-order valence-electron chi connectivity index (χ2n) is 10.2. The lowest BCUT2D eigenvalue weighted by Gasteiger charge is -2.29. The van der Waals surface area contributed by atoms with Crippen molar-refractivity contribution in [1.29, 1.82) is 0 Å². The Morgan fingerprint density at radius 1 is 1.08 bits per heavy atom. The molecule has 2 aromatic heterocycles. The van der Waals surface area contributed by atoms with Crippen LogP contribution in [0.5, 0.6) is 0 Å². The molecule has 1 saturated carbocycles. The number of benzene rings is 2. The van der Waals surface area contributed by atoms with Gasteiger partial charge in [0.15, 0.2) is 11.6 Å². The lowest BCUT2D eigenvalue weighted by atomic mass is 10.0. The molecule has 1 fully saturated rings. The highest BCUT2D eigenvalue weighted by Crippen LogP contribution is 2.40. The van der Waals surface area contributed by atoms with Gasteiger partial charge < -0.3 is 16.4 Å². The molecule has 2 aliphatic rings. The second-order valence-corrected chi connectivity index (χ2v) is 10.2. The summed E-state index contributed by atoms with van der Waals surface area (Å²) in [5, 5.41) is 14.1. The maximum atomic E-state index is 12.7. The molecule has 0 bridgehead atoms. The van der Waals surface area contributed by atoms with E-state index in [2.05, 4.69) is 56.1 Å². The molecule has 9 heteroatoms. The lowest BCUT2D eigenvalue weighted by Crippen LogP contribution is -2.32. The summed E-state index contributed by atoms with van der Waals surface area (Å²) in [5.41, 5.74) is 11.8. The Balaban J connectivity index is 1.21. The molecule has 5 N–H and O–H groups in total. The summed E-state index contributed by atoms with van der Waals surface area (Å²) in [6, 6.07) is 22.0. The molecule has 1 aliphatic carbocycles. The van der Waals surface area contributed by atoms with Crippen LogP contribution in [0.25, 0.3) is 5.70 Å². The number of ketones is 1. The molecule has 6 rings (SSSR count). The molecule has 39 heavy (non-hydrogen) atoms. The maximum Gasteiger partial charge on any atom is 0.225 e. The lowest BCUT2D eigenvalue weighted by molar-refractivity contribution is -0.113. The largest absolute Gasteiger partial charge is 0.398 e. The van der Waals surface area contributed by atoms with Crippen molar-refractivity contribution in [3.05, 3.63) is 101 Å². The van der Waals surface area contributed by atoms with Crippen molar-refractivity contribution in [2.45, 2.75) is 38.3 Å². The van der Waals surface area contributed by atoms with Crippen LogP contribution in [0.4, 0.5) is 17.6 Å². The number of fused-ring (bicyclic) bond motifs is 1. The van der Waals surface area contributed by atoms with Gasteiger partial charge in [-0.05, 0) is 30.4 Å². The van der Waals surface area contributed by atoms with E-state index in [9.17, 15) is 4.79 Å². The van der Waals surface area contributed by atoms with Gasteiger partial charge in [-0.1, -0.05) is 60.7 Å². The zero-order valence-corrected chi connectivity index (χ0v) is 21.7. The smallest absolute Gasteiger partial charge is 0.225 e. The molecule has 4 aromatic rings. The standard InChI is InChI=1S/C30H32N8O/c31-25(21-9-5-2-6-10-21)15-23(39)17-32-30-33-27-19-38(18-20-7-3-1-4-8-20)14-13-24(27)29(35-30)34-28-16-26(36-37-28)22-11-12-22/h1-10,15-16,22H,11-14,17-19,31H2,(H3,32,33,34,35,36,37)/b25-15-. The first-order valence-corrected chi connectivity index (χ1v) is 13.4. The first-order chi connectivity index (χ1) is 19.1. The number of nitrogens with zero attached hydrogens (tertiary/aromatic N) is 4. The van der Waals surface area contributed by atoms with E-state index in [-0.39, 0.29) is 12.3 Å². The number of carbonyl (C=O) groups excluding carboxylic acids is 1. The maximum absolute atomic E-state index is 12.7. The third kappa shape index (κ3) is 6.15. The molecule has 2 aromatic carbocycles. The number of rotatable bonds is 10. The summed E-state index contributed by atoms with van der Waals surface area (Å²) in [4.78, 5) is 24.6. The fraction of sp³-hybridized carbons (Fsp3) is 0.267. The number of hydrogen-bond acceptors (Lipinski definition) is 8. The Morgan fingerprint density at radius 3 is 2.62 bits per heavy atom. The van der Waals surface area contributed by atoms with Gasteiger partial charge in [0.2, 0.25) is 5.95 Å². The van der Waals surface area contributed by atoms with Gasteiger partial charge in [0.1, 0.15) is 5.82 Å². The fourth-order valence-corrected chi connectivity index (χ4v) is 4.87. The van der Waals surface area contributed by atoms with E-state index in [1.807, 2.05) is 36.4 Å². The van der Waals surface area contributed by atoms with Crippen LogP contribution in [0.2, 0.25) is 0 Å². The van der Waals surface area contributed by atoms with Gasteiger partial charge in [0.05, 0.1) is 12.2 Å². The quantitative estimate of drug-likeness (QED) is 0.227. The van der Waals surface area contributed by atoms with Gasteiger partial charge >= 0.3 is 0 Å². The highest BCUT2D eigenvalue weighted by atomic mass is 16.1. The van der Waals surface area contributed by atoms with E-state index in [1.54, 1.807) is 0 Å². The number of carbonyl (C=O) groups is 1. The summed E-state index contributed by atoms with van der Waals surface area (Å²) in [6.07, 6.45) is 4.67. The van der Waals surface area contributed by atoms with Crippen LogP contribution >= 0.6 is 0 Å². The Labute approximate surface area is 227 Å². The van der Waals surface area contributed by atoms with Crippen molar-refractivity contribution in [3.8, 4) is 0 Å².